The summed E-state index contributed by atoms with van der Waals surface area (Å²) in [6.45, 7) is 0.672. The molecule has 1 atom stereocenters. The van der Waals surface area contributed by atoms with Crippen LogP contribution in [0.4, 0.5) is 25.1 Å². The van der Waals surface area contributed by atoms with Gasteiger partial charge in [-0.25, -0.2) is 18.3 Å². The Bertz CT molecular complexity index is 1550. The normalized spacial score (nSPS) is 19.2. The van der Waals surface area contributed by atoms with Gasteiger partial charge in [-0.2, -0.15) is 0 Å². The highest BCUT2D eigenvalue weighted by molar-refractivity contribution is 8.45. The van der Waals surface area contributed by atoms with Gasteiger partial charge in [0.1, 0.15) is 20.5 Å². The quantitative estimate of drug-likeness (QED) is 0.240. The second-order valence-corrected chi connectivity index (χ2v) is 13.5. The molecule has 1 fully saturated rings. The number of pyridine rings is 1. The van der Waals surface area contributed by atoms with Gasteiger partial charge in [-0.1, -0.05) is 31.6 Å². The first-order chi connectivity index (χ1) is 17.2. The SMILES string of the molecule is N=S(=O)(c1ccc(-c2ccc3nccn3c2)cc1)N1CCC(Nc2ccc(S(F)(F)(F)(F)F)cc2)CC1. The number of benzene rings is 2. The molecule has 0 saturated carbocycles. The van der Waals surface area contributed by atoms with Crippen molar-refractivity contribution >= 4 is 31.5 Å². The van der Waals surface area contributed by atoms with E-state index in [4.69, 9.17) is 4.78 Å². The molecule has 1 unspecified atom stereocenters. The van der Waals surface area contributed by atoms with Crippen LogP contribution >= 0.6 is 10.2 Å². The first-order valence-electron chi connectivity index (χ1n) is 11.4. The summed E-state index contributed by atoms with van der Waals surface area (Å²) in [5.41, 5.74) is 2.98. The van der Waals surface area contributed by atoms with Gasteiger partial charge in [-0.3, -0.25) is 0 Å². The minimum atomic E-state index is -9.70. The van der Waals surface area contributed by atoms with Gasteiger partial charge < -0.3 is 9.72 Å². The molecule has 198 valence electrons. The molecule has 2 aromatic carbocycles. The van der Waals surface area contributed by atoms with E-state index in [0.29, 0.717) is 48.6 Å². The Kier molecular flexibility index (Phi) is 5.63. The molecule has 0 amide bonds. The second kappa shape index (κ2) is 8.17. The molecule has 6 nitrogen and oxygen atoms in total. The van der Waals surface area contributed by atoms with Gasteiger partial charge in [0.05, 0.1) is 4.90 Å². The zero-order chi connectivity index (χ0) is 26.5. The summed E-state index contributed by atoms with van der Waals surface area (Å²) in [6, 6.07) is 13.4. The number of aromatic nitrogens is 2. The first-order valence-corrected chi connectivity index (χ1v) is 14.8. The molecular formula is C24H24F5N5OS2. The molecule has 3 heterocycles. The molecule has 37 heavy (non-hydrogen) atoms. The van der Waals surface area contributed by atoms with Crippen molar-refractivity contribution in [3.05, 3.63) is 79.3 Å². The lowest BCUT2D eigenvalue weighted by atomic mass is 10.1. The summed E-state index contributed by atoms with van der Waals surface area (Å²) in [4.78, 5) is 2.68. The Morgan fingerprint density at radius 2 is 1.51 bits per heavy atom. The van der Waals surface area contributed by atoms with E-state index < -0.39 is 25.0 Å². The average molecular weight is 558 g/mol. The van der Waals surface area contributed by atoms with E-state index in [1.54, 1.807) is 22.6 Å². The van der Waals surface area contributed by atoms with E-state index >= 15 is 0 Å². The topological polar surface area (TPSA) is 73.5 Å². The Hall–Kier alpha value is -3.16. The molecule has 0 bridgehead atoms. The van der Waals surface area contributed by atoms with Gasteiger partial charge in [-0.15, -0.1) is 0 Å². The second-order valence-electron chi connectivity index (χ2n) is 9.00. The zero-order valence-electron chi connectivity index (χ0n) is 19.4. The standard InChI is InChI=1S/C24H24F5N5OS2/c25-37(26,27,28,29)23-8-4-20(5-9-23)32-21-11-14-34(15-12-21)36(30,35)22-6-1-18(2-7-22)19-3-10-24-31-13-16-33(24)17-19/h1-10,13,16-17,21,30,32H,11-12,14-15H2. The fourth-order valence-corrected chi connectivity index (χ4v) is 6.55. The molecule has 0 radical (unpaired) electrons. The Morgan fingerprint density at radius 1 is 0.892 bits per heavy atom. The number of hydrogen-bond acceptors (Lipinski definition) is 4. The van der Waals surface area contributed by atoms with Crippen molar-refractivity contribution in [1.82, 2.24) is 13.7 Å². The van der Waals surface area contributed by atoms with Crippen LogP contribution in [-0.4, -0.2) is 37.0 Å². The van der Waals surface area contributed by atoms with Crippen molar-refractivity contribution in [2.24, 2.45) is 0 Å². The number of nitrogens with zero attached hydrogens (tertiary/aromatic N) is 3. The molecule has 1 saturated heterocycles. The van der Waals surface area contributed by atoms with Crippen LogP contribution in [0.5, 0.6) is 0 Å². The molecule has 1 aliphatic heterocycles. The number of imidazole rings is 1. The highest BCUT2D eigenvalue weighted by Crippen LogP contribution is 3.02. The number of piperidine rings is 1. The Labute approximate surface area is 211 Å². The zero-order valence-corrected chi connectivity index (χ0v) is 21.0. The predicted octanol–water partition coefficient (Wildman–Crippen LogP) is 7.56. The number of halogens is 5. The van der Waals surface area contributed by atoms with Crippen molar-refractivity contribution < 1.29 is 23.6 Å². The molecule has 1 aliphatic rings. The van der Waals surface area contributed by atoms with E-state index in [2.05, 4.69) is 10.3 Å². The fourth-order valence-electron chi connectivity index (χ4n) is 4.37. The van der Waals surface area contributed by atoms with Crippen LogP contribution in [0.1, 0.15) is 12.8 Å². The maximum absolute atomic E-state index is 13.4. The van der Waals surface area contributed by atoms with Crippen LogP contribution in [0, 0.1) is 4.78 Å². The van der Waals surface area contributed by atoms with Crippen LogP contribution in [0.25, 0.3) is 16.8 Å². The lowest BCUT2D eigenvalue weighted by molar-refractivity contribution is 0.341. The van der Waals surface area contributed by atoms with E-state index in [1.807, 2.05) is 41.1 Å². The summed E-state index contributed by atoms with van der Waals surface area (Å²) >= 11 is 0. The van der Waals surface area contributed by atoms with Crippen LogP contribution in [0.15, 0.2) is 89.0 Å². The van der Waals surface area contributed by atoms with Gasteiger partial charge in [0.25, 0.3) is 0 Å². The third-order valence-electron chi connectivity index (χ3n) is 6.38. The Balaban J connectivity index is 1.22. The van der Waals surface area contributed by atoms with Crippen LogP contribution < -0.4 is 5.32 Å². The van der Waals surface area contributed by atoms with Crippen molar-refractivity contribution in [3.63, 3.8) is 0 Å². The van der Waals surface area contributed by atoms with Crippen molar-refractivity contribution in [3.8, 4) is 11.1 Å². The highest BCUT2D eigenvalue weighted by Gasteiger charge is 2.65. The summed E-state index contributed by atoms with van der Waals surface area (Å²) < 4.78 is 90.0. The van der Waals surface area contributed by atoms with Gasteiger partial charge >= 0.3 is 10.2 Å². The molecular weight excluding hydrogens is 533 g/mol. The molecule has 2 aromatic heterocycles. The third kappa shape index (κ3) is 5.43. The molecule has 0 spiro atoms. The summed E-state index contributed by atoms with van der Waals surface area (Å²) in [5.74, 6) is 0. The summed E-state index contributed by atoms with van der Waals surface area (Å²) in [6.07, 6.45) is 6.47. The molecule has 5 rings (SSSR count). The van der Waals surface area contributed by atoms with Crippen LogP contribution in [-0.2, 0) is 9.92 Å². The van der Waals surface area contributed by atoms with Crippen LogP contribution in [0.3, 0.4) is 0 Å². The maximum Gasteiger partial charge on any atom is 0.310 e. The van der Waals surface area contributed by atoms with Crippen molar-refractivity contribution in [2.45, 2.75) is 28.7 Å². The van der Waals surface area contributed by atoms with E-state index in [1.165, 1.54) is 0 Å². The smallest absolute Gasteiger partial charge is 0.310 e. The van der Waals surface area contributed by atoms with Gasteiger partial charge in [0.15, 0.2) is 0 Å². The number of hydrogen-bond donors (Lipinski definition) is 2. The molecule has 2 N–H and O–H groups in total. The maximum atomic E-state index is 13.4. The summed E-state index contributed by atoms with van der Waals surface area (Å²) in [7, 11) is -12.9. The lowest BCUT2D eigenvalue weighted by Crippen LogP contribution is -2.41. The number of anilines is 1. The van der Waals surface area contributed by atoms with Gasteiger partial charge in [0.2, 0.25) is 0 Å². The molecule has 4 aromatic rings. The highest BCUT2D eigenvalue weighted by atomic mass is 32.5. The van der Waals surface area contributed by atoms with E-state index in [0.717, 1.165) is 28.9 Å². The average Bonchev–Trinajstić information content (AvgIpc) is 3.31. The lowest BCUT2D eigenvalue weighted by Gasteiger charge is -2.40. The van der Waals surface area contributed by atoms with Crippen molar-refractivity contribution in [2.75, 3.05) is 18.4 Å². The molecule has 0 aliphatic carbocycles. The van der Waals surface area contributed by atoms with Crippen LogP contribution in [0.2, 0.25) is 0 Å². The van der Waals surface area contributed by atoms with Crippen molar-refractivity contribution in [1.29, 1.82) is 4.78 Å². The number of nitrogens with one attached hydrogen (secondary N) is 2. The Morgan fingerprint density at radius 3 is 2.14 bits per heavy atom. The monoisotopic (exact) mass is 557 g/mol. The minimum Gasteiger partial charge on any atom is -0.382 e. The first kappa shape index (κ1) is 25.5. The minimum absolute atomic E-state index is 0.155. The third-order valence-corrected chi connectivity index (χ3v) is 9.55. The fraction of sp³-hybridized carbons (Fsp3) is 0.208. The number of fused-ring (bicyclic) bond motifs is 1. The van der Waals surface area contributed by atoms with Gasteiger partial charge in [-0.05, 0) is 72.5 Å². The largest absolute Gasteiger partial charge is 0.382 e. The summed E-state index contributed by atoms with van der Waals surface area (Å²) in [5, 5.41) is 3.05. The van der Waals surface area contributed by atoms with Gasteiger partial charge in [0, 0.05) is 43.4 Å². The van der Waals surface area contributed by atoms with E-state index in [-0.39, 0.29) is 6.04 Å². The number of rotatable bonds is 6. The molecule has 13 heteroatoms. The predicted molar refractivity (Wildman–Crippen MR) is 136 cm³/mol. The van der Waals surface area contributed by atoms with E-state index in [9.17, 15) is 23.6 Å².